The minimum absolute atomic E-state index is 0.233. The topological polar surface area (TPSA) is 51.7 Å². The Labute approximate surface area is 130 Å². The van der Waals surface area contributed by atoms with Crippen LogP contribution in [-0.4, -0.2) is 43.9 Å². The van der Waals surface area contributed by atoms with Gasteiger partial charge in [0.1, 0.15) is 5.41 Å². The summed E-state index contributed by atoms with van der Waals surface area (Å²) in [4.78, 5) is 18.7. The van der Waals surface area contributed by atoms with Crippen molar-refractivity contribution in [3.63, 3.8) is 0 Å². The van der Waals surface area contributed by atoms with E-state index in [1.54, 1.807) is 11.3 Å². The van der Waals surface area contributed by atoms with Crippen LogP contribution in [0.1, 0.15) is 39.3 Å². The first-order valence-corrected chi connectivity index (χ1v) is 8.29. The molecule has 21 heavy (non-hydrogen) atoms. The van der Waals surface area contributed by atoms with Crippen LogP contribution in [0.15, 0.2) is 5.38 Å². The Morgan fingerprint density at radius 3 is 3.00 bits per heavy atom. The highest BCUT2D eigenvalue weighted by molar-refractivity contribution is 7.13. The van der Waals surface area contributed by atoms with Crippen LogP contribution in [0.2, 0.25) is 0 Å². The predicted octanol–water partition coefficient (Wildman–Crippen LogP) is 2.60. The number of thiazole rings is 1. The summed E-state index contributed by atoms with van der Waals surface area (Å²) < 4.78 is 10.8. The first kappa shape index (κ1) is 16.2. The second kappa shape index (κ2) is 6.75. The van der Waals surface area contributed by atoms with Crippen molar-refractivity contribution in [3.8, 4) is 0 Å². The molecule has 6 heteroatoms. The lowest BCUT2D eigenvalue weighted by Gasteiger charge is -2.21. The number of rotatable bonds is 6. The minimum atomic E-state index is -0.713. The third-order valence-corrected chi connectivity index (χ3v) is 4.70. The molecule has 0 aliphatic carbocycles. The van der Waals surface area contributed by atoms with E-state index in [0.717, 1.165) is 36.8 Å². The number of hydrogen-bond donors (Lipinski definition) is 0. The Balaban J connectivity index is 2.04. The molecular formula is C15H24N2O3S. The molecule has 0 bridgehead atoms. The van der Waals surface area contributed by atoms with Gasteiger partial charge in [0, 0.05) is 25.6 Å². The van der Waals surface area contributed by atoms with E-state index in [0.29, 0.717) is 12.7 Å². The van der Waals surface area contributed by atoms with Crippen molar-refractivity contribution in [2.24, 2.45) is 0 Å². The number of carbonyl (C=O) groups is 1. The molecule has 2 heterocycles. The van der Waals surface area contributed by atoms with Gasteiger partial charge < -0.3 is 14.4 Å². The summed E-state index contributed by atoms with van der Waals surface area (Å²) in [5, 5.41) is 2.86. The SMILES string of the molecule is CCOC(=O)C(C)(C)c1csc(N(C)CC2CCCO2)n1. The Hall–Kier alpha value is -1.14. The lowest BCUT2D eigenvalue weighted by atomic mass is 9.90. The van der Waals surface area contributed by atoms with E-state index in [9.17, 15) is 4.79 Å². The molecule has 2 rings (SSSR count). The predicted molar refractivity (Wildman–Crippen MR) is 84.0 cm³/mol. The summed E-state index contributed by atoms with van der Waals surface area (Å²) in [6, 6.07) is 0. The van der Waals surface area contributed by atoms with Gasteiger partial charge in [-0.2, -0.15) is 0 Å². The van der Waals surface area contributed by atoms with E-state index in [4.69, 9.17) is 9.47 Å². The van der Waals surface area contributed by atoms with Gasteiger partial charge in [-0.15, -0.1) is 11.3 Å². The Bertz CT molecular complexity index is 481. The zero-order valence-corrected chi connectivity index (χ0v) is 14.0. The van der Waals surface area contributed by atoms with Gasteiger partial charge in [0.2, 0.25) is 0 Å². The minimum Gasteiger partial charge on any atom is -0.465 e. The van der Waals surface area contributed by atoms with E-state index in [1.165, 1.54) is 0 Å². The van der Waals surface area contributed by atoms with E-state index in [2.05, 4.69) is 9.88 Å². The van der Waals surface area contributed by atoms with Crippen LogP contribution in [-0.2, 0) is 19.7 Å². The Morgan fingerprint density at radius 1 is 1.62 bits per heavy atom. The van der Waals surface area contributed by atoms with Crippen molar-refractivity contribution in [2.45, 2.75) is 45.1 Å². The first-order chi connectivity index (χ1) is 9.95. The summed E-state index contributed by atoms with van der Waals surface area (Å²) in [5.74, 6) is -0.233. The molecule has 0 aromatic carbocycles. The molecule has 0 saturated carbocycles. The van der Waals surface area contributed by atoms with Crippen LogP contribution >= 0.6 is 11.3 Å². The van der Waals surface area contributed by atoms with Crippen molar-refractivity contribution in [2.75, 3.05) is 31.7 Å². The molecule has 0 amide bonds. The maximum absolute atomic E-state index is 12.0. The van der Waals surface area contributed by atoms with E-state index >= 15 is 0 Å². The monoisotopic (exact) mass is 312 g/mol. The molecule has 0 N–H and O–H groups in total. The average molecular weight is 312 g/mol. The molecule has 1 aliphatic heterocycles. The molecule has 1 unspecified atom stereocenters. The molecular weight excluding hydrogens is 288 g/mol. The van der Waals surface area contributed by atoms with Crippen LogP contribution in [0.25, 0.3) is 0 Å². The molecule has 0 spiro atoms. The Kier molecular flexibility index (Phi) is 5.22. The third-order valence-electron chi connectivity index (χ3n) is 3.75. The number of carbonyl (C=O) groups excluding carboxylic acids is 1. The van der Waals surface area contributed by atoms with E-state index in [1.807, 2.05) is 33.2 Å². The van der Waals surface area contributed by atoms with Crippen LogP contribution in [0, 0.1) is 0 Å². The Morgan fingerprint density at radius 2 is 2.38 bits per heavy atom. The number of nitrogens with zero attached hydrogens (tertiary/aromatic N) is 2. The zero-order valence-electron chi connectivity index (χ0n) is 13.2. The van der Waals surface area contributed by atoms with E-state index in [-0.39, 0.29) is 5.97 Å². The fourth-order valence-corrected chi connectivity index (χ4v) is 3.28. The van der Waals surface area contributed by atoms with Crippen LogP contribution in [0.5, 0.6) is 0 Å². The second-order valence-corrected chi connectivity index (χ2v) is 6.71. The fraction of sp³-hybridized carbons (Fsp3) is 0.733. The smallest absolute Gasteiger partial charge is 0.317 e. The molecule has 118 valence electrons. The van der Waals surface area contributed by atoms with Crippen molar-refractivity contribution >= 4 is 22.4 Å². The van der Waals surface area contributed by atoms with Crippen LogP contribution in [0.4, 0.5) is 5.13 Å². The number of anilines is 1. The fourth-order valence-electron chi connectivity index (χ4n) is 2.31. The molecule has 1 fully saturated rings. The molecule has 5 nitrogen and oxygen atoms in total. The zero-order chi connectivity index (χ0) is 15.5. The second-order valence-electron chi connectivity index (χ2n) is 5.88. The van der Waals surface area contributed by atoms with Crippen molar-refractivity contribution in [1.82, 2.24) is 4.98 Å². The van der Waals surface area contributed by atoms with Gasteiger partial charge in [-0.1, -0.05) is 0 Å². The largest absolute Gasteiger partial charge is 0.465 e. The van der Waals surface area contributed by atoms with Crippen LogP contribution in [0.3, 0.4) is 0 Å². The first-order valence-electron chi connectivity index (χ1n) is 7.41. The summed E-state index contributed by atoms with van der Waals surface area (Å²) in [5.41, 5.74) is 0.0512. The molecule has 0 radical (unpaired) electrons. The van der Waals surface area contributed by atoms with Crippen molar-refractivity contribution in [1.29, 1.82) is 0 Å². The number of esters is 1. The molecule has 1 aromatic heterocycles. The maximum Gasteiger partial charge on any atom is 0.317 e. The highest BCUT2D eigenvalue weighted by Gasteiger charge is 2.34. The molecule has 1 aromatic rings. The van der Waals surface area contributed by atoms with Crippen molar-refractivity contribution in [3.05, 3.63) is 11.1 Å². The lowest BCUT2D eigenvalue weighted by molar-refractivity contribution is -0.148. The van der Waals surface area contributed by atoms with Gasteiger partial charge in [0.05, 0.1) is 18.4 Å². The van der Waals surface area contributed by atoms with Crippen molar-refractivity contribution < 1.29 is 14.3 Å². The van der Waals surface area contributed by atoms with Gasteiger partial charge >= 0.3 is 5.97 Å². The molecule has 1 aliphatic rings. The highest BCUT2D eigenvalue weighted by Crippen LogP contribution is 2.30. The van der Waals surface area contributed by atoms with Gasteiger partial charge in [0.25, 0.3) is 0 Å². The maximum atomic E-state index is 12.0. The molecule has 1 saturated heterocycles. The normalized spacial score (nSPS) is 18.8. The molecule has 1 atom stereocenters. The summed E-state index contributed by atoms with van der Waals surface area (Å²) >= 11 is 1.55. The average Bonchev–Trinajstić information content (AvgIpc) is 3.09. The van der Waals surface area contributed by atoms with Gasteiger partial charge in [-0.25, -0.2) is 4.98 Å². The van der Waals surface area contributed by atoms with E-state index < -0.39 is 5.41 Å². The highest BCUT2D eigenvalue weighted by atomic mass is 32.1. The number of likely N-dealkylation sites (N-methyl/N-ethyl adjacent to an activating group) is 1. The lowest BCUT2D eigenvalue weighted by Crippen LogP contribution is -2.32. The van der Waals surface area contributed by atoms with Crippen LogP contribution < -0.4 is 4.90 Å². The number of aromatic nitrogens is 1. The van der Waals surface area contributed by atoms with Gasteiger partial charge in [-0.05, 0) is 33.6 Å². The van der Waals surface area contributed by atoms with Gasteiger partial charge in [-0.3, -0.25) is 4.79 Å². The number of ether oxygens (including phenoxy) is 2. The third kappa shape index (κ3) is 3.74. The number of hydrogen-bond acceptors (Lipinski definition) is 6. The van der Waals surface area contributed by atoms with Gasteiger partial charge in [0.15, 0.2) is 5.13 Å². The summed E-state index contributed by atoms with van der Waals surface area (Å²) in [6.07, 6.45) is 2.54. The quantitative estimate of drug-likeness (QED) is 0.756. The standard InChI is InChI=1S/C15H24N2O3S/c1-5-19-13(18)15(2,3)12-10-21-14(16-12)17(4)9-11-7-6-8-20-11/h10-11H,5-9H2,1-4H3. The summed E-state index contributed by atoms with van der Waals surface area (Å²) in [7, 11) is 2.02. The summed E-state index contributed by atoms with van der Waals surface area (Å²) in [6.45, 7) is 7.60.